The fraction of sp³-hybridized carbons (Fsp3) is 0.545. The van der Waals surface area contributed by atoms with Crippen molar-refractivity contribution in [2.24, 2.45) is 0 Å². The Balaban J connectivity index is 2.77. The van der Waals surface area contributed by atoms with E-state index < -0.39 is 0 Å². The van der Waals surface area contributed by atoms with E-state index >= 15 is 0 Å². The molecule has 0 aliphatic heterocycles. The van der Waals surface area contributed by atoms with Crippen LogP contribution in [0.25, 0.3) is 0 Å². The van der Waals surface area contributed by atoms with Gasteiger partial charge in [-0.1, -0.05) is 0 Å². The van der Waals surface area contributed by atoms with Crippen molar-refractivity contribution >= 4 is 0 Å². The highest BCUT2D eigenvalue weighted by atomic mass is 14.9. The number of aryl methyl sites for hydroxylation is 2. The standard InChI is InChI=1S/C11H18N2/c1-8-5-10(3)13-11(6-8)7-9(2)12-4/h5-6,9,12H,7H2,1-4H3/t9-/m1/s1. The second kappa shape index (κ2) is 4.38. The van der Waals surface area contributed by atoms with Crippen LogP contribution in [0, 0.1) is 13.8 Å². The second-order valence-corrected chi connectivity index (χ2v) is 3.67. The van der Waals surface area contributed by atoms with E-state index in [-0.39, 0.29) is 0 Å². The van der Waals surface area contributed by atoms with Crippen LogP contribution in [0.4, 0.5) is 0 Å². The molecule has 2 heteroatoms. The third-order valence-electron chi connectivity index (χ3n) is 2.16. The maximum atomic E-state index is 4.48. The summed E-state index contributed by atoms with van der Waals surface area (Å²) in [5.41, 5.74) is 3.59. The van der Waals surface area contributed by atoms with Crippen LogP contribution in [0.2, 0.25) is 0 Å². The van der Waals surface area contributed by atoms with E-state index in [1.807, 2.05) is 14.0 Å². The zero-order chi connectivity index (χ0) is 9.84. The molecule has 0 spiro atoms. The molecule has 1 atom stereocenters. The number of hydrogen-bond donors (Lipinski definition) is 1. The zero-order valence-corrected chi connectivity index (χ0v) is 8.89. The number of pyridine rings is 1. The third kappa shape index (κ3) is 3.15. The van der Waals surface area contributed by atoms with Gasteiger partial charge < -0.3 is 5.32 Å². The summed E-state index contributed by atoms with van der Waals surface area (Å²) in [7, 11) is 1.98. The summed E-state index contributed by atoms with van der Waals surface area (Å²) in [5.74, 6) is 0. The lowest BCUT2D eigenvalue weighted by Gasteiger charge is -2.10. The topological polar surface area (TPSA) is 24.9 Å². The van der Waals surface area contributed by atoms with E-state index in [0.29, 0.717) is 6.04 Å². The SMILES string of the molecule is CN[C@H](C)Cc1cc(C)cc(C)n1. The van der Waals surface area contributed by atoms with Crippen molar-refractivity contribution in [1.29, 1.82) is 0 Å². The number of aromatic nitrogens is 1. The summed E-state index contributed by atoms with van der Waals surface area (Å²) in [5, 5.41) is 3.21. The first-order valence-corrected chi connectivity index (χ1v) is 4.73. The average molecular weight is 178 g/mol. The van der Waals surface area contributed by atoms with E-state index in [4.69, 9.17) is 0 Å². The normalized spacial score (nSPS) is 12.9. The molecular formula is C11H18N2. The molecular weight excluding hydrogens is 160 g/mol. The molecule has 0 unspecified atom stereocenters. The van der Waals surface area contributed by atoms with Gasteiger partial charge in [0.1, 0.15) is 0 Å². The van der Waals surface area contributed by atoms with E-state index in [1.54, 1.807) is 0 Å². The first kappa shape index (κ1) is 10.2. The highest BCUT2D eigenvalue weighted by Crippen LogP contribution is 2.06. The van der Waals surface area contributed by atoms with Gasteiger partial charge in [0.25, 0.3) is 0 Å². The third-order valence-corrected chi connectivity index (χ3v) is 2.16. The van der Waals surface area contributed by atoms with E-state index in [2.05, 4.69) is 36.3 Å². The Hall–Kier alpha value is -0.890. The van der Waals surface area contributed by atoms with E-state index in [0.717, 1.165) is 12.1 Å². The fourth-order valence-electron chi connectivity index (χ4n) is 1.45. The molecule has 0 saturated carbocycles. The van der Waals surface area contributed by atoms with Gasteiger partial charge in [-0.05, 0) is 45.5 Å². The zero-order valence-electron chi connectivity index (χ0n) is 8.89. The molecule has 0 amide bonds. The predicted octanol–water partition coefficient (Wildman–Crippen LogP) is 1.85. The van der Waals surface area contributed by atoms with Crippen molar-refractivity contribution in [3.8, 4) is 0 Å². The van der Waals surface area contributed by atoms with Crippen LogP contribution in [-0.4, -0.2) is 18.1 Å². The Morgan fingerprint density at radius 2 is 2.08 bits per heavy atom. The van der Waals surface area contributed by atoms with Crippen molar-refractivity contribution < 1.29 is 0 Å². The van der Waals surface area contributed by atoms with Crippen molar-refractivity contribution in [3.05, 3.63) is 29.1 Å². The molecule has 1 rings (SSSR count). The molecule has 0 aliphatic carbocycles. The molecule has 2 nitrogen and oxygen atoms in total. The summed E-state index contributed by atoms with van der Waals surface area (Å²) < 4.78 is 0. The van der Waals surface area contributed by atoms with Crippen LogP contribution in [0.1, 0.15) is 23.9 Å². The smallest absolute Gasteiger partial charge is 0.0424 e. The summed E-state index contributed by atoms with van der Waals surface area (Å²) in [4.78, 5) is 4.48. The summed E-state index contributed by atoms with van der Waals surface area (Å²) in [6.45, 7) is 6.32. The van der Waals surface area contributed by atoms with Crippen molar-refractivity contribution in [1.82, 2.24) is 10.3 Å². The van der Waals surface area contributed by atoms with Gasteiger partial charge in [0, 0.05) is 23.9 Å². The van der Waals surface area contributed by atoms with Gasteiger partial charge in [-0.3, -0.25) is 4.98 Å². The van der Waals surface area contributed by atoms with Crippen LogP contribution in [0.3, 0.4) is 0 Å². The Bertz CT molecular complexity index is 261. The Labute approximate surface area is 80.4 Å². The van der Waals surface area contributed by atoms with Crippen molar-refractivity contribution in [2.45, 2.75) is 33.2 Å². The van der Waals surface area contributed by atoms with Crippen molar-refractivity contribution in [3.63, 3.8) is 0 Å². The van der Waals surface area contributed by atoms with Gasteiger partial charge in [0.2, 0.25) is 0 Å². The maximum absolute atomic E-state index is 4.48. The molecule has 1 N–H and O–H groups in total. The minimum atomic E-state index is 0.494. The summed E-state index contributed by atoms with van der Waals surface area (Å²) in [6, 6.07) is 4.75. The lowest BCUT2D eigenvalue weighted by Crippen LogP contribution is -2.24. The summed E-state index contributed by atoms with van der Waals surface area (Å²) in [6.07, 6.45) is 0.999. The number of rotatable bonds is 3. The molecule has 0 aliphatic rings. The number of hydrogen-bond acceptors (Lipinski definition) is 2. The van der Waals surface area contributed by atoms with Gasteiger partial charge in [0.15, 0.2) is 0 Å². The minimum Gasteiger partial charge on any atom is -0.317 e. The van der Waals surface area contributed by atoms with Crippen molar-refractivity contribution in [2.75, 3.05) is 7.05 Å². The molecule has 1 aromatic rings. The quantitative estimate of drug-likeness (QED) is 0.764. The predicted molar refractivity (Wildman–Crippen MR) is 55.9 cm³/mol. The Kier molecular flexibility index (Phi) is 3.43. The monoisotopic (exact) mass is 178 g/mol. The molecule has 0 fully saturated rings. The Morgan fingerprint density at radius 3 is 2.62 bits per heavy atom. The first-order valence-electron chi connectivity index (χ1n) is 4.73. The molecule has 1 heterocycles. The van der Waals surface area contributed by atoms with Crippen LogP contribution in [-0.2, 0) is 6.42 Å². The van der Waals surface area contributed by atoms with Crippen LogP contribution < -0.4 is 5.32 Å². The summed E-state index contributed by atoms with van der Waals surface area (Å²) >= 11 is 0. The second-order valence-electron chi connectivity index (χ2n) is 3.67. The van der Waals surface area contributed by atoms with Gasteiger partial charge in [-0.15, -0.1) is 0 Å². The first-order chi connectivity index (χ1) is 6.11. The molecule has 0 radical (unpaired) electrons. The lowest BCUT2D eigenvalue weighted by molar-refractivity contribution is 0.599. The van der Waals surface area contributed by atoms with Gasteiger partial charge in [-0.25, -0.2) is 0 Å². The van der Waals surface area contributed by atoms with Crippen LogP contribution in [0.15, 0.2) is 12.1 Å². The molecule has 1 aromatic heterocycles. The molecule has 13 heavy (non-hydrogen) atoms. The van der Waals surface area contributed by atoms with Gasteiger partial charge in [-0.2, -0.15) is 0 Å². The fourth-order valence-corrected chi connectivity index (χ4v) is 1.45. The molecule has 72 valence electrons. The largest absolute Gasteiger partial charge is 0.317 e. The van der Waals surface area contributed by atoms with E-state index in [1.165, 1.54) is 11.3 Å². The highest BCUT2D eigenvalue weighted by molar-refractivity contribution is 5.19. The minimum absolute atomic E-state index is 0.494. The highest BCUT2D eigenvalue weighted by Gasteiger charge is 2.02. The Morgan fingerprint density at radius 1 is 1.38 bits per heavy atom. The van der Waals surface area contributed by atoms with E-state index in [9.17, 15) is 0 Å². The average Bonchev–Trinajstić information content (AvgIpc) is 2.02. The molecule has 0 saturated heterocycles. The number of likely N-dealkylation sites (N-methyl/N-ethyl adjacent to an activating group) is 1. The molecule has 0 bridgehead atoms. The van der Waals surface area contributed by atoms with Crippen LogP contribution in [0.5, 0.6) is 0 Å². The number of nitrogens with zero attached hydrogens (tertiary/aromatic N) is 1. The number of nitrogens with one attached hydrogen (secondary N) is 1. The molecule has 0 aromatic carbocycles. The van der Waals surface area contributed by atoms with Gasteiger partial charge in [0.05, 0.1) is 0 Å². The lowest BCUT2D eigenvalue weighted by atomic mass is 10.1. The van der Waals surface area contributed by atoms with Crippen LogP contribution >= 0.6 is 0 Å². The maximum Gasteiger partial charge on any atom is 0.0424 e. The van der Waals surface area contributed by atoms with Gasteiger partial charge >= 0.3 is 0 Å².